The molecule has 0 unspecified atom stereocenters. The quantitative estimate of drug-likeness (QED) is 0.495. The number of nitrogens with zero attached hydrogens (tertiary/aromatic N) is 3. The lowest BCUT2D eigenvalue weighted by molar-refractivity contribution is -0.143. The van der Waals surface area contributed by atoms with E-state index in [-0.39, 0.29) is 50.1 Å². The number of rotatable bonds is 6. The number of aliphatic imine (C=N–C) groups is 1. The molecule has 0 radical (unpaired) electrons. The molecule has 2 amide bonds. The van der Waals surface area contributed by atoms with Gasteiger partial charge in [0.2, 0.25) is 10.0 Å². The number of aryl methyl sites for hydroxylation is 2. The number of halogens is 6. The van der Waals surface area contributed by atoms with Gasteiger partial charge in [-0.05, 0) is 61.6 Å². The molecule has 2 aromatic rings. The normalized spacial score (nSPS) is 17.7. The zero-order chi connectivity index (χ0) is 31.3. The number of carbonyl (C=O) groups is 2. The van der Waals surface area contributed by atoms with Gasteiger partial charge in [-0.1, -0.05) is 12.1 Å². The summed E-state index contributed by atoms with van der Waals surface area (Å²) in [5.74, 6) is -1.69. The second-order valence-electron chi connectivity index (χ2n) is 10.5. The molecule has 1 spiro atoms. The first kappa shape index (κ1) is 31.5. The molecule has 0 saturated carbocycles. The molecule has 4 rings (SSSR count). The SMILES string of the molecule is Cc1cc(C(=O)N(C)C)ccc1CCS(=O)(=O)N1CCC2(CC1)N=C(c1ccc(C(F)(F)F)cc1C(F)(F)F)NC2=O. The van der Waals surface area contributed by atoms with Crippen molar-refractivity contribution in [2.45, 2.75) is 44.1 Å². The Balaban J connectivity index is 1.48. The number of benzene rings is 2. The number of piperidine rings is 1. The largest absolute Gasteiger partial charge is 0.417 e. The van der Waals surface area contributed by atoms with Crippen molar-refractivity contribution in [3.63, 3.8) is 0 Å². The summed E-state index contributed by atoms with van der Waals surface area (Å²) in [4.78, 5) is 30.6. The maximum atomic E-state index is 13.7. The Labute approximate surface area is 238 Å². The van der Waals surface area contributed by atoms with E-state index in [4.69, 9.17) is 0 Å². The van der Waals surface area contributed by atoms with Crippen LogP contribution in [0.2, 0.25) is 0 Å². The summed E-state index contributed by atoms with van der Waals surface area (Å²) >= 11 is 0. The highest BCUT2D eigenvalue weighted by Crippen LogP contribution is 2.39. The van der Waals surface area contributed by atoms with Gasteiger partial charge < -0.3 is 10.2 Å². The molecule has 2 aliphatic heterocycles. The molecule has 0 aliphatic carbocycles. The van der Waals surface area contributed by atoms with Crippen molar-refractivity contribution in [2.75, 3.05) is 32.9 Å². The van der Waals surface area contributed by atoms with Crippen LogP contribution in [0.4, 0.5) is 26.3 Å². The highest BCUT2D eigenvalue weighted by molar-refractivity contribution is 7.89. The minimum atomic E-state index is -5.16. The number of hydrogen-bond donors (Lipinski definition) is 1. The average molecular weight is 619 g/mol. The summed E-state index contributed by atoms with van der Waals surface area (Å²) in [5, 5.41) is 2.26. The molecule has 0 atom stereocenters. The Morgan fingerprint density at radius 1 is 1.02 bits per heavy atom. The number of nitrogens with one attached hydrogen (secondary N) is 1. The number of carbonyl (C=O) groups excluding carboxylic acids is 2. The molecule has 0 bridgehead atoms. The number of sulfonamides is 1. The lowest BCUT2D eigenvalue weighted by Crippen LogP contribution is -2.50. The third-order valence-electron chi connectivity index (χ3n) is 7.46. The highest BCUT2D eigenvalue weighted by Gasteiger charge is 2.49. The Morgan fingerprint density at radius 2 is 1.67 bits per heavy atom. The standard InChI is InChI=1S/C27H28F6N4O4S/c1-16-14-18(23(38)36(2)3)5-4-17(16)8-13-42(40,41)37-11-9-25(10-12-37)24(39)34-22(35-25)20-7-6-19(26(28,29)30)15-21(20)27(31,32)33/h4-7,14-15H,8-13H2,1-3H3,(H,34,35,39). The Hall–Kier alpha value is -3.46. The Kier molecular flexibility index (Phi) is 8.23. The molecule has 42 heavy (non-hydrogen) atoms. The fraction of sp³-hybridized carbons (Fsp3) is 0.444. The van der Waals surface area contributed by atoms with E-state index in [9.17, 15) is 44.3 Å². The van der Waals surface area contributed by atoms with Crippen LogP contribution in [0.5, 0.6) is 0 Å². The molecule has 1 saturated heterocycles. The second-order valence-corrected chi connectivity index (χ2v) is 12.6. The summed E-state index contributed by atoms with van der Waals surface area (Å²) in [6, 6.07) is 6.08. The van der Waals surface area contributed by atoms with Crippen LogP contribution >= 0.6 is 0 Å². The number of hydrogen-bond acceptors (Lipinski definition) is 5. The summed E-state index contributed by atoms with van der Waals surface area (Å²) in [5.41, 5.74) is -3.38. The van der Waals surface area contributed by atoms with Gasteiger partial charge in [0.05, 0.1) is 16.9 Å². The predicted molar refractivity (Wildman–Crippen MR) is 141 cm³/mol. The number of alkyl halides is 6. The molecular weight excluding hydrogens is 590 g/mol. The fourth-order valence-corrected chi connectivity index (χ4v) is 6.49. The van der Waals surface area contributed by atoms with Crippen LogP contribution in [0.3, 0.4) is 0 Å². The lowest BCUT2D eigenvalue weighted by atomic mass is 9.89. The van der Waals surface area contributed by atoms with Crippen LogP contribution < -0.4 is 5.32 Å². The van der Waals surface area contributed by atoms with Crippen molar-refractivity contribution in [1.29, 1.82) is 0 Å². The van der Waals surface area contributed by atoms with Gasteiger partial charge in [0, 0.05) is 38.3 Å². The van der Waals surface area contributed by atoms with Crippen LogP contribution in [-0.4, -0.2) is 73.7 Å². The first-order valence-electron chi connectivity index (χ1n) is 12.8. The first-order chi connectivity index (χ1) is 19.3. The van der Waals surface area contributed by atoms with Crippen molar-refractivity contribution in [1.82, 2.24) is 14.5 Å². The van der Waals surface area contributed by atoms with Gasteiger partial charge in [0.1, 0.15) is 11.4 Å². The van der Waals surface area contributed by atoms with Crippen molar-refractivity contribution in [2.24, 2.45) is 4.99 Å². The zero-order valence-electron chi connectivity index (χ0n) is 22.9. The predicted octanol–water partition coefficient (Wildman–Crippen LogP) is 4.02. The van der Waals surface area contributed by atoms with Crippen molar-refractivity contribution < 1.29 is 44.3 Å². The molecule has 15 heteroatoms. The number of amidine groups is 1. The fourth-order valence-electron chi connectivity index (χ4n) is 5.01. The molecule has 8 nitrogen and oxygen atoms in total. The maximum absolute atomic E-state index is 13.7. The maximum Gasteiger partial charge on any atom is 0.417 e. The van der Waals surface area contributed by atoms with Gasteiger partial charge >= 0.3 is 12.4 Å². The van der Waals surface area contributed by atoms with Gasteiger partial charge in [0.25, 0.3) is 11.8 Å². The van der Waals surface area contributed by atoms with Crippen LogP contribution in [0.15, 0.2) is 41.4 Å². The third kappa shape index (κ3) is 6.31. The molecule has 2 aromatic carbocycles. The van der Waals surface area contributed by atoms with Gasteiger partial charge in [-0.25, -0.2) is 12.7 Å². The summed E-state index contributed by atoms with van der Waals surface area (Å²) in [6.07, 6.45) is -10.2. The minimum absolute atomic E-state index is 0.0282. The van der Waals surface area contributed by atoms with E-state index < -0.39 is 56.3 Å². The van der Waals surface area contributed by atoms with Crippen LogP contribution in [0.25, 0.3) is 0 Å². The Morgan fingerprint density at radius 3 is 2.21 bits per heavy atom. The molecule has 2 aliphatic rings. The van der Waals surface area contributed by atoms with Gasteiger partial charge in [-0.3, -0.25) is 14.6 Å². The minimum Gasteiger partial charge on any atom is -0.345 e. The van der Waals surface area contributed by atoms with E-state index in [2.05, 4.69) is 10.3 Å². The Bertz CT molecular complexity index is 1540. The lowest BCUT2D eigenvalue weighted by Gasteiger charge is -2.34. The van der Waals surface area contributed by atoms with Crippen LogP contribution in [0, 0.1) is 6.92 Å². The topological polar surface area (TPSA) is 99.2 Å². The smallest absolute Gasteiger partial charge is 0.345 e. The van der Waals surface area contributed by atoms with E-state index in [1.165, 1.54) is 9.21 Å². The molecule has 228 valence electrons. The monoisotopic (exact) mass is 618 g/mol. The highest BCUT2D eigenvalue weighted by atomic mass is 32.2. The van der Waals surface area contributed by atoms with Crippen LogP contribution in [-0.2, 0) is 33.6 Å². The van der Waals surface area contributed by atoms with Crippen molar-refractivity contribution in [3.8, 4) is 0 Å². The van der Waals surface area contributed by atoms with Gasteiger partial charge in [-0.15, -0.1) is 0 Å². The molecule has 2 heterocycles. The third-order valence-corrected chi connectivity index (χ3v) is 9.33. The number of amides is 2. The summed E-state index contributed by atoms with van der Waals surface area (Å²) < 4.78 is 108. The molecular formula is C27H28F6N4O4S. The van der Waals surface area contributed by atoms with Crippen molar-refractivity contribution >= 4 is 27.7 Å². The van der Waals surface area contributed by atoms with E-state index in [0.29, 0.717) is 17.7 Å². The zero-order valence-corrected chi connectivity index (χ0v) is 23.7. The van der Waals surface area contributed by atoms with E-state index in [1.54, 1.807) is 39.2 Å². The first-order valence-corrected chi connectivity index (χ1v) is 14.4. The molecule has 0 aromatic heterocycles. The van der Waals surface area contributed by atoms with E-state index in [1.807, 2.05) is 0 Å². The van der Waals surface area contributed by atoms with E-state index >= 15 is 0 Å². The average Bonchev–Trinajstić information content (AvgIpc) is 3.21. The summed E-state index contributed by atoms with van der Waals surface area (Å²) in [6.45, 7) is 1.52. The van der Waals surface area contributed by atoms with Crippen LogP contribution in [0.1, 0.15) is 51.0 Å². The molecule has 1 N–H and O–H groups in total. The second kappa shape index (κ2) is 11.0. The van der Waals surface area contributed by atoms with E-state index in [0.717, 1.165) is 11.1 Å². The van der Waals surface area contributed by atoms with Gasteiger partial charge in [-0.2, -0.15) is 26.3 Å². The van der Waals surface area contributed by atoms with Gasteiger partial charge in [0.15, 0.2) is 0 Å². The molecule has 1 fully saturated rings. The van der Waals surface area contributed by atoms with Crippen molar-refractivity contribution in [3.05, 3.63) is 69.8 Å². The summed E-state index contributed by atoms with van der Waals surface area (Å²) in [7, 11) is -0.546.